The van der Waals surface area contributed by atoms with Gasteiger partial charge in [0.1, 0.15) is 0 Å². The molecule has 0 unspecified atom stereocenters. The first-order valence-electron chi connectivity index (χ1n) is 12.3. The zero-order chi connectivity index (χ0) is 25.1. The van der Waals surface area contributed by atoms with Crippen LogP contribution < -0.4 is 15.4 Å². The van der Waals surface area contributed by atoms with Crippen LogP contribution in [0.3, 0.4) is 0 Å². The van der Waals surface area contributed by atoms with Crippen LogP contribution in [-0.4, -0.2) is 38.1 Å². The molecule has 3 aromatic carbocycles. The third-order valence-corrected chi connectivity index (χ3v) is 7.86. The molecule has 36 heavy (non-hydrogen) atoms. The van der Waals surface area contributed by atoms with Gasteiger partial charge in [0.05, 0.1) is 17.0 Å². The van der Waals surface area contributed by atoms with Crippen molar-refractivity contribution in [1.82, 2.24) is 4.90 Å². The zero-order valence-corrected chi connectivity index (χ0v) is 21.1. The lowest BCUT2D eigenvalue weighted by Gasteiger charge is -2.17. The van der Waals surface area contributed by atoms with Crippen molar-refractivity contribution in [2.45, 2.75) is 26.3 Å². The van der Waals surface area contributed by atoms with Crippen molar-refractivity contribution in [1.29, 1.82) is 0 Å². The lowest BCUT2D eigenvalue weighted by Crippen LogP contribution is -2.18. The van der Waals surface area contributed by atoms with Gasteiger partial charge in [-0.1, -0.05) is 42.5 Å². The van der Waals surface area contributed by atoms with Crippen molar-refractivity contribution in [3.8, 4) is 0 Å². The fraction of sp³-hybridized carbons (Fsp3) is 0.250. The zero-order valence-electron chi connectivity index (χ0n) is 20.3. The Bertz CT molecular complexity index is 1390. The van der Waals surface area contributed by atoms with Gasteiger partial charge in [0.25, 0.3) is 5.91 Å². The van der Waals surface area contributed by atoms with E-state index in [1.807, 2.05) is 42.5 Å². The van der Waals surface area contributed by atoms with E-state index in [2.05, 4.69) is 32.4 Å². The number of hydrogen-bond donors (Lipinski definition) is 3. The van der Waals surface area contributed by atoms with Crippen LogP contribution in [0.4, 0.5) is 17.1 Å². The van der Waals surface area contributed by atoms with Gasteiger partial charge < -0.3 is 10.6 Å². The summed E-state index contributed by atoms with van der Waals surface area (Å²) in [6.07, 6.45) is 2.53. The van der Waals surface area contributed by atoms with Crippen molar-refractivity contribution in [3.05, 3.63) is 89.5 Å². The summed E-state index contributed by atoms with van der Waals surface area (Å²) in [6.45, 7) is 4.82. The van der Waals surface area contributed by atoms with Gasteiger partial charge >= 0.3 is 0 Å². The average Bonchev–Trinajstić information content (AvgIpc) is 3.51. The first-order chi connectivity index (χ1) is 17.4. The lowest BCUT2D eigenvalue weighted by atomic mass is 9.99. The molecule has 2 heterocycles. The molecular weight excluding hydrogens is 472 g/mol. The topological polar surface area (TPSA) is 90.5 Å². The molecule has 7 nitrogen and oxygen atoms in total. The molecule has 0 spiro atoms. The number of likely N-dealkylation sites (tertiary alicyclic amines) is 1. The average molecular weight is 503 g/mol. The van der Waals surface area contributed by atoms with Crippen LogP contribution in [0.1, 0.15) is 36.5 Å². The Labute approximate surface area is 212 Å². The first kappa shape index (κ1) is 24.1. The third kappa shape index (κ3) is 5.29. The summed E-state index contributed by atoms with van der Waals surface area (Å²) >= 11 is 0. The maximum Gasteiger partial charge on any atom is 0.258 e. The highest BCUT2D eigenvalue weighted by Crippen LogP contribution is 2.39. The second-order valence-electron chi connectivity index (χ2n) is 9.14. The van der Waals surface area contributed by atoms with E-state index in [1.54, 1.807) is 25.1 Å². The Balaban J connectivity index is 1.52. The Morgan fingerprint density at radius 2 is 1.64 bits per heavy atom. The number of hydrogen-bond acceptors (Lipinski definition) is 5. The highest BCUT2D eigenvalue weighted by Gasteiger charge is 2.29. The van der Waals surface area contributed by atoms with Gasteiger partial charge in [-0.15, -0.1) is 0 Å². The van der Waals surface area contributed by atoms with Crippen molar-refractivity contribution < 1.29 is 13.2 Å². The molecule has 0 aromatic heterocycles. The van der Waals surface area contributed by atoms with Gasteiger partial charge in [0.15, 0.2) is 0 Å². The number of anilines is 3. The SMILES string of the molecule is CCS(=O)(=O)Nc1ccc2c(c1)/C(=C(/Nc1ccc(CN3CCCC3)cc1)c1ccccc1)C(=O)N2. The Kier molecular flexibility index (Phi) is 6.80. The molecular formula is C28H30N4O3S. The molecule has 5 rings (SSSR count). The summed E-state index contributed by atoms with van der Waals surface area (Å²) in [5.74, 6) is -0.272. The first-order valence-corrected chi connectivity index (χ1v) is 13.9. The number of rotatable bonds is 8. The second-order valence-corrected chi connectivity index (χ2v) is 11.2. The third-order valence-electron chi connectivity index (χ3n) is 6.56. The van der Waals surface area contributed by atoms with Crippen LogP contribution in [0.5, 0.6) is 0 Å². The molecule has 3 N–H and O–H groups in total. The van der Waals surface area contributed by atoms with Crippen molar-refractivity contribution in [2.24, 2.45) is 0 Å². The molecule has 8 heteroatoms. The molecule has 0 atom stereocenters. The van der Waals surface area contributed by atoms with Gasteiger partial charge in [-0.25, -0.2) is 8.42 Å². The number of amides is 1. The van der Waals surface area contributed by atoms with E-state index in [0.717, 1.165) is 30.9 Å². The van der Waals surface area contributed by atoms with E-state index in [0.29, 0.717) is 28.2 Å². The number of fused-ring (bicyclic) bond motifs is 1. The molecule has 1 amide bonds. The maximum absolute atomic E-state index is 13.2. The smallest absolute Gasteiger partial charge is 0.258 e. The number of benzene rings is 3. The van der Waals surface area contributed by atoms with E-state index in [1.165, 1.54) is 18.4 Å². The standard InChI is InChI=1S/C28H30N4O3S/c1-2-36(34,35)31-23-14-15-25-24(18-23)26(28(33)30-25)27(21-8-4-3-5-9-21)29-22-12-10-20(11-13-22)19-32-16-6-7-17-32/h3-5,8-15,18,29,31H,2,6-7,16-17,19H2,1H3,(H,30,33)/b27-26-. The molecule has 0 aliphatic carbocycles. The number of nitrogens with one attached hydrogen (secondary N) is 3. The molecule has 0 saturated carbocycles. The van der Waals surface area contributed by atoms with E-state index in [-0.39, 0.29) is 11.7 Å². The predicted molar refractivity (Wildman–Crippen MR) is 146 cm³/mol. The van der Waals surface area contributed by atoms with E-state index in [9.17, 15) is 13.2 Å². The van der Waals surface area contributed by atoms with Gasteiger partial charge in [0, 0.05) is 29.2 Å². The molecule has 3 aromatic rings. The normalized spacial score (nSPS) is 17.0. The van der Waals surface area contributed by atoms with Crippen LogP contribution in [0.15, 0.2) is 72.8 Å². The summed E-state index contributed by atoms with van der Waals surface area (Å²) in [5, 5.41) is 6.39. The monoisotopic (exact) mass is 502 g/mol. The minimum atomic E-state index is -3.45. The summed E-state index contributed by atoms with van der Waals surface area (Å²) in [6, 6.07) is 23.1. The quantitative estimate of drug-likeness (QED) is 0.378. The minimum Gasteiger partial charge on any atom is -0.354 e. The molecule has 2 aliphatic heterocycles. The maximum atomic E-state index is 13.2. The molecule has 0 bridgehead atoms. The van der Waals surface area contributed by atoms with Gasteiger partial charge in [-0.05, 0) is 74.3 Å². The fourth-order valence-electron chi connectivity index (χ4n) is 4.65. The summed E-state index contributed by atoms with van der Waals surface area (Å²) in [7, 11) is -3.45. The molecule has 1 fully saturated rings. The highest BCUT2D eigenvalue weighted by atomic mass is 32.2. The van der Waals surface area contributed by atoms with Gasteiger partial charge in [-0.3, -0.25) is 14.4 Å². The van der Waals surface area contributed by atoms with Crippen LogP contribution >= 0.6 is 0 Å². The Morgan fingerprint density at radius 3 is 2.33 bits per heavy atom. The summed E-state index contributed by atoms with van der Waals surface area (Å²) in [5.41, 5.74) is 5.83. The number of sulfonamides is 1. The number of nitrogens with zero attached hydrogens (tertiary/aromatic N) is 1. The fourth-order valence-corrected chi connectivity index (χ4v) is 5.28. The number of carbonyl (C=O) groups is 1. The van der Waals surface area contributed by atoms with Crippen LogP contribution in [0, 0.1) is 0 Å². The molecule has 186 valence electrons. The predicted octanol–water partition coefficient (Wildman–Crippen LogP) is 4.98. The summed E-state index contributed by atoms with van der Waals surface area (Å²) in [4.78, 5) is 15.6. The van der Waals surface area contributed by atoms with Crippen molar-refractivity contribution in [3.63, 3.8) is 0 Å². The van der Waals surface area contributed by atoms with E-state index in [4.69, 9.17) is 0 Å². The molecule has 2 aliphatic rings. The van der Waals surface area contributed by atoms with Crippen LogP contribution in [0.25, 0.3) is 11.3 Å². The highest BCUT2D eigenvalue weighted by molar-refractivity contribution is 7.92. The van der Waals surface area contributed by atoms with Crippen LogP contribution in [-0.2, 0) is 21.4 Å². The van der Waals surface area contributed by atoms with Crippen molar-refractivity contribution in [2.75, 3.05) is 34.2 Å². The molecule has 1 saturated heterocycles. The lowest BCUT2D eigenvalue weighted by molar-refractivity contribution is -0.110. The largest absolute Gasteiger partial charge is 0.354 e. The Morgan fingerprint density at radius 1 is 0.944 bits per heavy atom. The van der Waals surface area contributed by atoms with Gasteiger partial charge in [-0.2, -0.15) is 0 Å². The number of carbonyl (C=O) groups excluding carboxylic acids is 1. The van der Waals surface area contributed by atoms with Crippen molar-refractivity contribution >= 4 is 44.3 Å². The second kappa shape index (κ2) is 10.2. The van der Waals surface area contributed by atoms with E-state index >= 15 is 0 Å². The van der Waals surface area contributed by atoms with E-state index < -0.39 is 10.0 Å². The minimum absolute atomic E-state index is 0.0332. The van der Waals surface area contributed by atoms with Crippen LogP contribution in [0.2, 0.25) is 0 Å². The molecule has 0 radical (unpaired) electrons. The summed E-state index contributed by atoms with van der Waals surface area (Å²) < 4.78 is 26.8. The van der Waals surface area contributed by atoms with Gasteiger partial charge in [0.2, 0.25) is 10.0 Å². The Hall–Kier alpha value is -3.62.